The average Bonchev–Trinajstić information content (AvgIpc) is 2.30. The second kappa shape index (κ2) is 5.39. The van der Waals surface area contributed by atoms with Crippen molar-refractivity contribution in [3.63, 3.8) is 0 Å². The molecule has 1 aromatic rings. The van der Waals surface area contributed by atoms with E-state index in [1.54, 1.807) is 25.1 Å². The molecule has 0 spiro atoms. The van der Waals surface area contributed by atoms with E-state index in [0.717, 1.165) is 5.56 Å². The molecule has 4 heteroatoms. The van der Waals surface area contributed by atoms with Gasteiger partial charge in [-0.3, -0.25) is 4.79 Å². The van der Waals surface area contributed by atoms with Crippen LogP contribution in [-0.4, -0.2) is 25.1 Å². The van der Waals surface area contributed by atoms with Gasteiger partial charge in [0.1, 0.15) is 0 Å². The van der Waals surface area contributed by atoms with E-state index >= 15 is 0 Å². The average molecular weight is 236 g/mol. The van der Waals surface area contributed by atoms with Crippen LogP contribution in [0.15, 0.2) is 17.7 Å². The summed E-state index contributed by atoms with van der Waals surface area (Å²) < 4.78 is 10.1. The summed E-state index contributed by atoms with van der Waals surface area (Å²) >= 11 is 0. The monoisotopic (exact) mass is 236 g/mol. The predicted molar refractivity (Wildman–Crippen MR) is 65.5 cm³/mol. The number of carbonyl (C=O) groups excluding carboxylic acids is 1. The Morgan fingerprint density at radius 3 is 2.00 bits per heavy atom. The van der Waals surface area contributed by atoms with E-state index in [0.29, 0.717) is 17.1 Å². The summed E-state index contributed by atoms with van der Waals surface area (Å²) in [4.78, 5) is 11.1. The fourth-order valence-electron chi connectivity index (χ4n) is 1.35. The molecule has 0 aliphatic carbocycles. The number of aromatic hydroxyl groups is 1. The zero-order valence-electron chi connectivity index (χ0n) is 10.4. The molecule has 0 fully saturated rings. The van der Waals surface area contributed by atoms with Crippen LogP contribution in [0.2, 0.25) is 0 Å². The number of rotatable bonds is 4. The van der Waals surface area contributed by atoms with Gasteiger partial charge in [-0.2, -0.15) is 0 Å². The third-order valence-electron chi connectivity index (χ3n) is 2.44. The third-order valence-corrected chi connectivity index (χ3v) is 2.44. The summed E-state index contributed by atoms with van der Waals surface area (Å²) in [6.45, 7) is 3.23. The molecule has 17 heavy (non-hydrogen) atoms. The van der Waals surface area contributed by atoms with Crippen LogP contribution >= 0.6 is 0 Å². The van der Waals surface area contributed by atoms with E-state index in [9.17, 15) is 9.90 Å². The molecule has 0 bridgehead atoms. The van der Waals surface area contributed by atoms with Gasteiger partial charge in [0.15, 0.2) is 17.3 Å². The molecule has 0 saturated carbocycles. The van der Waals surface area contributed by atoms with Crippen molar-refractivity contribution in [3.8, 4) is 17.2 Å². The number of hydrogen-bond acceptors (Lipinski definition) is 4. The zero-order chi connectivity index (χ0) is 13.0. The molecule has 1 aromatic carbocycles. The molecular weight excluding hydrogens is 220 g/mol. The highest BCUT2D eigenvalue weighted by atomic mass is 16.5. The highest BCUT2D eigenvalue weighted by Gasteiger charge is 2.10. The number of hydrogen-bond donors (Lipinski definition) is 1. The molecule has 0 atom stereocenters. The van der Waals surface area contributed by atoms with E-state index in [2.05, 4.69) is 0 Å². The Bertz CT molecular complexity index is 435. The van der Waals surface area contributed by atoms with Gasteiger partial charge in [0.2, 0.25) is 5.75 Å². The van der Waals surface area contributed by atoms with Gasteiger partial charge in [0.05, 0.1) is 14.2 Å². The smallest absolute Gasteiger partial charge is 0.200 e. The maximum Gasteiger partial charge on any atom is 0.200 e. The minimum absolute atomic E-state index is 0.00370. The minimum atomic E-state index is -0.0485. The van der Waals surface area contributed by atoms with Crippen molar-refractivity contribution in [2.45, 2.75) is 13.8 Å². The van der Waals surface area contributed by atoms with Gasteiger partial charge in [-0.05, 0) is 43.2 Å². The van der Waals surface area contributed by atoms with Crippen molar-refractivity contribution >= 4 is 11.9 Å². The van der Waals surface area contributed by atoms with Crippen molar-refractivity contribution in [2.75, 3.05) is 14.2 Å². The van der Waals surface area contributed by atoms with Crippen LogP contribution in [0.5, 0.6) is 17.2 Å². The summed E-state index contributed by atoms with van der Waals surface area (Å²) in [7, 11) is 2.92. The largest absolute Gasteiger partial charge is 0.502 e. The topological polar surface area (TPSA) is 55.8 Å². The Balaban J connectivity index is 3.27. The molecule has 4 nitrogen and oxygen atoms in total. The number of benzene rings is 1. The molecule has 0 aromatic heterocycles. The summed E-state index contributed by atoms with van der Waals surface area (Å²) in [6, 6.07) is 3.29. The number of Topliss-reactive ketones (excluding diaryl/α,β-unsaturated/α-hetero) is 1. The van der Waals surface area contributed by atoms with Crippen LogP contribution in [0.3, 0.4) is 0 Å². The maximum atomic E-state index is 11.1. The van der Waals surface area contributed by atoms with Crippen LogP contribution in [0.4, 0.5) is 0 Å². The van der Waals surface area contributed by atoms with Crippen LogP contribution in [-0.2, 0) is 4.79 Å². The SMILES string of the molecule is COc1cc(/C=C(\C)C(C)=O)cc(OC)c1O. The first-order chi connectivity index (χ1) is 7.99. The first kappa shape index (κ1) is 13.1. The molecule has 0 saturated heterocycles. The molecule has 0 amide bonds. The van der Waals surface area contributed by atoms with Crippen LogP contribution in [0, 0.1) is 0 Å². The quantitative estimate of drug-likeness (QED) is 0.815. The fraction of sp³-hybridized carbons (Fsp3) is 0.308. The first-order valence-electron chi connectivity index (χ1n) is 5.13. The van der Waals surface area contributed by atoms with Crippen molar-refractivity contribution in [1.82, 2.24) is 0 Å². The number of allylic oxidation sites excluding steroid dienone is 1. The lowest BCUT2D eigenvalue weighted by Crippen LogP contribution is -1.93. The Morgan fingerprint density at radius 1 is 1.18 bits per heavy atom. The maximum absolute atomic E-state index is 11.1. The normalized spacial score (nSPS) is 11.2. The van der Waals surface area contributed by atoms with Gasteiger partial charge in [0.25, 0.3) is 0 Å². The van der Waals surface area contributed by atoms with Crippen molar-refractivity contribution < 1.29 is 19.4 Å². The fourth-order valence-corrected chi connectivity index (χ4v) is 1.35. The van der Waals surface area contributed by atoms with Crippen molar-refractivity contribution in [2.24, 2.45) is 0 Å². The Hall–Kier alpha value is -1.97. The number of carbonyl (C=O) groups is 1. The first-order valence-corrected chi connectivity index (χ1v) is 5.13. The van der Waals surface area contributed by atoms with Crippen LogP contribution in [0.1, 0.15) is 19.4 Å². The third kappa shape index (κ3) is 3.00. The highest BCUT2D eigenvalue weighted by Crippen LogP contribution is 2.37. The van der Waals surface area contributed by atoms with Gasteiger partial charge >= 0.3 is 0 Å². The molecule has 0 aliphatic heterocycles. The van der Waals surface area contributed by atoms with E-state index in [1.807, 2.05) is 0 Å². The van der Waals surface area contributed by atoms with Crippen molar-refractivity contribution in [1.29, 1.82) is 0 Å². The minimum Gasteiger partial charge on any atom is -0.502 e. The number of ketones is 1. The predicted octanol–water partition coefficient (Wildman–Crippen LogP) is 2.40. The highest BCUT2D eigenvalue weighted by molar-refractivity contribution is 5.97. The van der Waals surface area contributed by atoms with E-state index in [-0.39, 0.29) is 11.5 Å². The van der Waals surface area contributed by atoms with Gasteiger partial charge in [0, 0.05) is 0 Å². The lowest BCUT2D eigenvalue weighted by Gasteiger charge is -2.09. The molecule has 0 radical (unpaired) electrons. The molecule has 0 heterocycles. The molecule has 1 N–H and O–H groups in total. The second-order valence-electron chi connectivity index (χ2n) is 3.66. The Morgan fingerprint density at radius 2 is 1.65 bits per heavy atom. The summed E-state index contributed by atoms with van der Waals surface area (Å²) in [6.07, 6.45) is 1.72. The molecule has 0 unspecified atom stereocenters. The Kier molecular flexibility index (Phi) is 4.15. The summed E-state index contributed by atoms with van der Waals surface area (Å²) in [5.41, 5.74) is 1.36. The molecule has 92 valence electrons. The lowest BCUT2D eigenvalue weighted by molar-refractivity contribution is -0.113. The Labute approximate surface area is 100 Å². The lowest BCUT2D eigenvalue weighted by atomic mass is 10.1. The molecule has 0 aliphatic rings. The van der Waals surface area contributed by atoms with Gasteiger partial charge in [-0.1, -0.05) is 0 Å². The zero-order valence-corrected chi connectivity index (χ0v) is 10.4. The number of methoxy groups -OCH3 is 2. The number of ether oxygens (including phenoxy) is 2. The standard InChI is InChI=1S/C13H16O4/c1-8(9(2)14)5-10-6-11(16-3)13(15)12(7-10)17-4/h5-7,15H,1-4H3/b8-5+. The summed E-state index contributed by atoms with van der Waals surface area (Å²) in [5, 5.41) is 9.72. The molecule has 1 rings (SSSR count). The van der Waals surface area contributed by atoms with Crippen molar-refractivity contribution in [3.05, 3.63) is 23.3 Å². The second-order valence-corrected chi connectivity index (χ2v) is 3.66. The van der Waals surface area contributed by atoms with E-state index in [1.165, 1.54) is 21.1 Å². The summed E-state index contributed by atoms with van der Waals surface area (Å²) in [5.74, 6) is 0.572. The van der Waals surface area contributed by atoms with Crippen LogP contribution in [0.25, 0.3) is 6.08 Å². The van der Waals surface area contributed by atoms with E-state index in [4.69, 9.17) is 9.47 Å². The van der Waals surface area contributed by atoms with Gasteiger partial charge < -0.3 is 14.6 Å². The number of phenolic OH excluding ortho intramolecular Hbond substituents is 1. The van der Waals surface area contributed by atoms with E-state index < -0.39 is 0 Å². The van der Waals surface area contributed by atoms with Crippen LogP contribution < -0.4 is 9.47 Å². The van der Waals surface area contributed by atoms with Gasteiger partial charge in [-0.25, -0.2) is 0 Å². The number of phenols is 1. The molecular formula is C13H16O4. The van der Waals surface area contributed by atoms with Gasteiger partial charge in [-0.15, -0.1) is 0 Å².